The van der Waals surface area contributed by atoms with Gasteiger partial charge in [0.05, 0.1) is 0 Å². The molecule has 1 N–H and O–H groups in total. The fourth-order valence-electron chi connectivity index (χ4n) is 3.58. The van der Waals surface area contributed by atoms with Crippen molar-refractivity contribution >= 4 is 11.3 Å². The smallest absolute Gasteiger partial charge is 1.00 e. The first-order valence-corrected chi connectivity index (χ1v) is 9.31. The maximum atomic E-state index is 7.54. The van der Waals surface area contributed by atoms with E-state index in [9.17, 15) is 0 Å². The standard InChI is InChI=1S/C16H19.C9H12N.2ClH.Ti/c1-5-14-8-6-7-9-15(14)16-10-11(2)12(3)13(16)4;1-6-4-7(2)9(10)8(3)5-6;;;/h5-9H,10H2,1-4H3;4-5,10H,1-3H3;2*1H;/q2*-1;;;+2/p-2. The van der Waals surface area contributed by atoms with E-state index >= 15 is 0 Å². The Labute approximate surface area is 205 Å². The van der Waals surface area contributed by atoms with Gasteiger partial charge < -0.3 is 30.5 Å². The van der Waals surface area contributed by atoms with Crippen molar-refractivity contribution in [3.8, 4) is 0 Å². The van der Waals surface area contributed by atoms with E-state index in [0.717, 1.165) is 17.5 Å². The minimum Gasteiger partial charge on any atom is -1.00 e. The van der Waals surface area contributed by atoms with Crippen LogP contribution in [0.4, 0.5) is 5.69 Å². The Morgan fingerprint density at radius 3 is 1.79 bits per heavy atom. The number of benzene rings is 2. The van der Waals surface area contributed by atoms with Gasteiger partial charge in [-0.25, -0.2) is 0 Å². The molecule has 0 atom stereocenters. The van der Waals surface area contributed by atoms with Crippen LogP contribution >= 0.6 is 0 Å². The van der Waals surface area contributed by atoms with Crippen LogP contribution in [0.25, 0.3) is 11.3 Å². The monoisotopic (exact) mass is 463 g/mol. The van der Waals surface area contributed by atoms with E-state index in [-0.39, 0.29) is 46.5 Å². The Morgan fingerprint density at radius 2 is 1.34 bits per heavy atom. The van der Waals surface area contributed by atoms with Crippen LogP contribution < -0.4 is 24.8 Å². The quantitative estimate of drug-likeness (QED) is 0.481. The molecule has 0 bridgehead atoms. The Morgan fingerprint density at radius 1 is 0.828 bits per heavy atom. The predicted molar refractivity (Wildman–Crippen MR) is 116 cm³/mol. The third kappa shape index (κ3) is 7.26. The minimum absolute atomic E-state index is 0. The molecule has 0 fully saturated rings. The first-order valence-electron chi connectivity index (χ1n) is 9.31. The van der Waals surface area contributed by atoms with E-state index in [4.69, 9.17) is 5.73 Å². The molecule has 0 unspecified atom stereocenters. The maximum absolute atomic E-state index is 7.54. The fraction of sp³-hybridized carbons (Fsp3) is 0.320. The molecular formula is C25H31Cl2NTi-2. The molecule has 1 aliphatic rings. The zero-order valence-electron chi connectivity index (χ0n) is 18.5. The van der Waals surface area contributed by atoms with Gasteiger partial charge in [-0.1, -0.05) is 58.5 Å². The van der Waals surface area contributed by atoms with Crippen molar-refractivity contribution in [1.82, 2.24) is 0 Å². The van der Waals surface area contributed by atoms with Gasteiger partial charge in [-0.15, -0.1) is 23.4 Å². The number of halogens is 2. The van der Waals surface area contributed by atoms with Crippen LogP contribution in [0.2, 0.25) is 0 Å². The Balaban J connectivity index is 0. The average Bonchev–Trinajstić information content (AvgIpc) is 2.87. The topological polar surface area (TPSA) is 23.8 Å². The predicted octanol–water partition coefficient (Wildman–Crippen LogP) is 2.07. The van der Waals surface area contributed by atoms with Gasteiger partial charge in [-0.2, -0.15) is 18.1 Å². The van der Waals surface area contributed by atoms with Crippen LogP contribution in [0.1, 0.15) is 61.9 Å². The maximum Gasteiger partial charge on any atom is 2.00 e. The molecule has 0 saturated heterocycles. The molecule has 0 amide bonds. The van der Waals surface area contributed by atoms with Crippen molar-refractivity contribution in [2.24, 2.45) is 0 Å². The Hall–Kier alpha value is -1.12. The number of nitrogens with one attached hydrogen (secondary N) is 1. The van der Waals surface area contributed by atoms with Gasteiger partial charge in [0.1, 0.15) is 0 Å². The number of hydrogen-bond donors (Lipinski definition) is 0. The molecule has 2 aromatic carbocycles. The van der Waals surface area contributed by atoms with Crippen LogP contribution in [0.3, 0.4) is 0 Å². The van der Waals surface area contributed by atoms with Crippen molar-refractivity contribution in [1.29, 1.82) is 0 Å². The van der Waals surface area contributed by atoms with E-state index in [2.05, 4.69) is 65.3 Å². The summed E-state index contributed by atoms with van der Waals surface area (Å²) in [4.78, 5) is 0. The van der Waals surface area contributed by atoms with Crippen molar-refractivity contribution in [3.63, 3.8) is 0 Å². The van der Waals surface area contributed by atoms with Crippen molar-refractivity contribution < 1.29 is 46.5 Å². The molecule has 0 heterocycles. The molecule has 2 aromatic rings. The third-order valence-corrected chi connectivity index (χ3v) is 5.37. The molecule has 1 aliphatic carbocycles. The molecule has 0 spiro atoms. The number of rotatable bonds is 2. The summed E-state index contributed by atoms with van der Waals surface area (Å²) < 4.78 is 0. The molecule has 1 nitrogen and oxygen atoms in total. The fourth-order valence-corrected chi connectivity index (χ4v) is 3.58. The summed E-state index contributed by atoms with van der Waals surface area (Å²) in [6, 6.07) is 12.7. The molecule has 156 valence electrons. The van der Waals surface area contributed by atoms with E-state index in [1.165, 1.54) is 39.0 Å². The van der Waals surface area contributed by atoms with E-state index in [0.29, 0.717) is 5.69 Å². The number of aryl methyl sites for hydroxylation is 3. The van der Waals surface area contributed by atoms with Crippen molar-refractivity contribution in [2.45, 2.75) is 54.9 Å². The molecule has 0 radical (unpaired) electrons. The summed E-state index contributed by atoms with van der Waals surface area (Å²) in [5, 5.41) is 0. The molecule has 0 saturated carbocycles. The number of allylic oxidation sites excluding steroid dienone is 4. The summed E-state index contributed by atoms with van der Waals surface area (Å²) in [7, 11) is 0. The van der Waals surface area contributed by atoms with Gasteiger partial charge in [0.25, 0.3) is 0 Å². The van der Waals surface area contributed by atoms with Gasteiger partial charge in [0.2, 0.25) is 0 Å². The Bertz CT molecular complexity index is 859. The van der Waals surface area contributed by atoms with Crippen LogP contribution in [0.5, 0.6) is 0 Å². The first-order chi connectivity index (χ1) is 12.3. The summed E-state index contributed by atoms with van der Waals surface area (Å²) in [6.07, 6.45) is 3.31. The van der Waals surface area contributed by atoms with Crippen LogP contribution in [0, 0.1) is 27.2 Å². The molecule has 4 heteroatoms. The van der Waals surface area contributed by atoms with E-state index in [1.54, 1.807) is 0 Å². The zero-order valence-corrected chi connectivity index (χ0v) is 21.6. The molecular weight excluding hydrogens is 433 g/mol. The zero-order chi connectivity index (χ0) is 19.4. The van der Waals surface area contributed by atoms with Crippen molar-refractivity contribution in [3.05, 3.63) is 93.1 Å². The summed E-state index contributed by atoms with van der Waals surface area (Å²) in [5.41, 5.74) is 20.3. The molecule has 3 rings (SSSR count). The van der Waals surface area contributed by atoms with Gasteiger partial charge in [0.15, 0.2) is 0 Å². The third-order valence-electron chi connectivity index (χ3n) is 5.37. The normalized spacial score (nSPS) is 12.2. The minimum atomic E-state index is 0. The molecule has 0 aliphatic heterocycles. The van der Waals surface area contributed by atoms with Crippen molar-refractivity contribution in [2.75, 3.05) is 0 Å². The second-order valence-electron chi connectivity index (χ2n) is 7.34. The Kier molecular flexibility index (Phi) is 13.7. The van der Waals surface area contributed by atoms with Crippen LogP contribution in [-0.2, 0) is 21.7 Å². The molecule has 29 heavy (non-hydrogen) atoms. The van der Waals surface area contributed by atoms with Crippen LogP contribution in [-0.4, -0.2) is 0 Å². The average molecular weight is 464 g/mol. The van der Waals surface area contributed by atoms with E-state index in [1.807, 2.05) is 26.0 Å². The second-order valence-corrected chi connectivity index (χ2v) is 7.34. The van der Waals surface area contributed by atoms with Crippen LogP contribution in [0.15, 0.2) is 53.1 Å². The second kappa shape index (κ2) is 13.2. The van der Waals surface area contributed by atoms with E-state index < -0.39 is 0 Å². The SMILES string of the molecule is C[CH-]c1ccccc1C1=C(C)C(C)=C(C)C1.Cc1cc(C)c([NH-])c(C)c1.[Cl-].[Cl-].[Ti+2]. The van der Waals surface area contributed by atoms with Gasteiger partial charge in [0, 0.05) is 0 Å². The first kappa shape index (κ1) is 30.1. The summed E-state index contributed by atoms with van der Waals surface area (Å²) in [6.45, 7) is 14.8. The number of hydrogen-bond acceptors (Lipinski definition) is 0. The summed E-state index contributed by atoms with van der Waals surface area (Å²) in [5.74, 6) is 0. The van der Waals surface area contributed by atoms with Gasteiger partial charge in [-0.3, -0.25) is 0 Å². The van der Waals surface area contributed by atoms with Gasteiger partial charge >= 0.3 is 21.7 Å². The largest absolute Gasteiger partial charge is 2.00 e. The molecule has 0 aromatic heterocycles. The summed E-state index contributed by atoms with van der Waals surface area (Å²) >= 11 is 0. The van der Waals surface area contributed by atoms with Gasteiger partial charge in [-0.05, 0) is 53.5 Å².